The predicted molar refractivity (Wildman–Crippen MR) is 118 cm³/mol. The van der Waals surface area contributed by atoms with Crippen molar-refractivity contribution in [1.82, 2.24) is 0 Å². The second kappa shape index (κ2) is 8.87. The van der Waals surface area contributed by atoms with Gasteiger partial charge in [-0.25, -0.2) is 4.79 Å². The van der Waals surface area contributed by atoms with Crippen LogP contribution in [0.4, 0.5) is 5.69 Å². The second-order valence-corrected chi connectivity index (χ2v) is 7.39. The van der Waals surface area contributed by atoms with Gasteiger partial charge in [-0.2, -0.15) is 0 Å². The smallest absolute Gasteiger partial charge is 0.360 e. The monoisotopic (exact) mass is 421 g/mol. The average molecular weight is 421 g/mol. The third-order valence-electron chi connectivity index (χ3n) is 4.72. The van der Waals surface area contributed by atoms with Crippen LogP contribution in [0.15, 0.2) is 57.3 Å². The molecule has 0 radical (unpaired) electrons. The molecule has 0 fully saturated rings. The molecule has 0 atom stereocenters. The zero-order chi connectivity index (χ0) is 22.7. The fourth-order valence-corrected chi connectivity index (χ4v) is 3.14. The lowest BCUT2D eigenvalue weighted by Gasteiger charge is -2.13. The number of aryl methyl sites for hydroxylation is 1. The number of rotatable bonds is 5. The van der Waals surface area contributed by atoms with Crippen molar-refractivity contribution >= 4 is 28.5 Å². The van der Waals surface area contributed by atoms with E-state index in [2.05, 4.69) is 5.32 Å². The predicted octanol–water partition coefficient (Wildman–Crippen LogP) is 4.49. The van der Waals surface area contributed by atoms with Gasteiger partial charge in [-0.05, 0) is 57.5 Å². The molecule has 1 amide bonds. The Balaban J connectivity index is 2.02. The summed E-state index contributed by atoms with van der Waals surface area (Å²) in [6.45, 7) is 6.77. The Morgan fingerprint density at radius 1 is 1.16 bits per heavy atom. The molecule has 0 aliphatic carbocycles. The number of phenols is 1. The molecular formula is C24H23NO6. The highest BCUT2D eigenvalue weighted by molar-refractivity contribution is 6.06. The minimum Gasteiger partial charge on any atom is -0.508 e. The minimum atomic E-state index is -0.739. The number of benzene rings is 2. The Morgan fingerprint density at radius 2 is 1.90 bits per heavy atom. The van der Waals surface area contributed by atoms with Crippen molar-refractivity contribution in [3.63, 3.8) is 0 Å². The molecule has 0 spiro atoms. The van der Waals surface area contributed by atoms with Crippen LogP contribution in [0.3, 0.4) is 0 Å². The Hall–Kier alpha value is -3.87. The van der Waals surface area contributed by atoms with Crippen molar-refractivity contribution in [2.45, 2.75) is 34.1 Å². The molecule has 1 aromatic heterocycles. The summed E-state index contributed by atoms with van der Waals surface area (Å²) < 4.78 is 10.6. The lowest BCUT2D eigenvalue weighted by molar-refractivity contribution is -0.131. The molecular weight excluding hydrogens is 398 g/mol. The number of hydrogen-bond acceptors (Lipinski definition) is 6. The summed E-state index contributed by atoms with van der Waals surface area (Å²) in [7, 11) is 0. The molecule has 3 rings (SSSR count). The van der Waals surface area contributed by atoms with Crippen molar-refractivity contribution in [3.8, 4) is 11.5 Å². The van der Waals surface area contributed by atoms with Gasteiger partial charge in [-0.3, -0.25) is 9.59 Å². The lowest BCUT2D eigenvalue weighted by atomic mass is 10.0. The van der Waals surface area contributed by atoms with Crippen molar-refractivity contribution < 1.29 is 23.8 Å². The van der Waals surface area contributed by atoms with E-state index in [-0.39, 0.29) is 28.3 Å². The quantitative estimate of drug-likeness (QED) is 0.272. The van der Waals surface area contributed by atoms with Gasteiger partial charge >= 0.3 is 11.6 Å². The van der Waals surface area contributed by atoms with Crippen molar-refractivity contribution in [2.75, 3.05) is 5.32 Å². The standard InChI is InChI=1S/C24H23NO6/c1-13(2)8-10-17-18(6-5-7-21(17)30-15(4)26)23(28)25-19-12-16-9-11-20(27)14(3)22(16)31-24(19)29/h5-9,11-12,27H,10H2,1-4H3,(H,25,28). The third kappa shape index (κ3) is 4.83. The number of aromatic hydroxyl groups is 1. The molecule has 160 valence electrons. The van der Waals surface area contributed by atoms with Gasteiger partial charge < -0.3 is 19.6 Å². The van der Waals surface area contributed by atoms with Crippen LogP contribution in [0.5, 0.6) is 11.5 Å². The van der Waals surface area contributed by atoms with Gasteiger partial charge in [0, 0.05) is 29.0 Å². The van der Waals surface area contributed by atoms with Crippen LogP contribution in [0.2, 0.25) is 0 Å². The van der Waals surface area contributed by atoms with Gasteiger partial charge in [0.1, 0.15) is 22.8 Å². The first-order chi connectivity index (χ1) is 14.7. The number of anilines is 1. The largest absolute Gasteiger partial charge is 0.508 e. The topological polar surface area (TPSA) is 106 Å². The maximum absolute atomic E-state index is 13.0. The summed E-state index contributed by atoms with van der Waals surface area (Å²) in [6.07, 6.45) is 2.29. The molecule has 0 aliphatic rings. The van der Waals surface area contributed by atoms with E-state index in [0.717, 1.165) is 5.57 Å². The highest BCUT2D eigenvalue weighted by Gasteiger charge is 2.18. The van der Waals surface area contributed by atoms with Gasteiger partial charge in [-0.1, -0.05) is 17.7 Å². The van der Waals surface area contributed by atoms with Crippen LogP contribution in [-0.4, -0.2) is 17.0 Å². The van der Waals surface area contributed by atoms with E-state index in [1.54, 1.807) is 31.2 Å². The summed E-state index contributed by atoms with van der Waals surface area (Å²) >= 11 is 0. The van der Waals surface area contributed by atoms with Crippen molar-refractivity contribution in [1.29, 1.82) is 0 Å². The van der Waals surface area contributed by atoms with Crippen LogP contribution in [0.25, 0.3) is 11.0 Å². The Bertz CT molecular complexity index is 1270. The number of carbonyl (C=O) groups excluding carboxylic acids is 2. The summed E-state index contributed by atoms with van der Waals surface area (Å²) in [5.74, 6) is -0.731. The maximum atomic E-state index is 13.0. The van der Waals surface area contributed by atoms with E-state index >= 15 is 0 Å². The molecule has 0 bridgehead atoms. The van der Waals surface area contributed by atoms with Gasteiger partial charge in [0.2, 0.25) is 0 Å². The van der Waals surface area contributed by atoms with Crippen LogP contribution in [-0.2, 0) is 11.2 Å². The first kappa shape index (κ1) is 21.8. The fraction of sp³-hybridized carbons (Fsp3) is 0.208. The molecule has 2 N–H and O–H groups in total. The van der Waals surface area contributed by atoms with Crippen LogP contribution >= 0.6 is 0 Å². The van der Waals surface area contributed by atoms with Gasteiger partial charge in [-0.15, -0.1) is 0 Å². The fourth-order valence-electron chi connectivity index (χ4n) is 3.14. The van der Waals surface area contributed by atoms with E-state index in [9.17, 15) is 19.5 Å². The van der Waals surface area contributed by atoms with Crippen LogP contribution in [0, 0.1) is 6.92 Å². The second-order valence-electron chi connectivity index (χ2n) is 7.39. The first-order valence-electron chi connectivity index (χ1n) is 9.69. The number of esters is 1. The number of hydrogen-bond donors (Lipinski definition) is 2. The van der Waals surface area contributed by atoms with E-state index in [4.69, 9.17) is 9.15 Å². The summed E-state index contributed by atoms with van der Waals surface area (Å²) in [5, 5.41) is 13.0. The van der Waals surface area contributed by atoms with Gasteiger partial charge in [0.15, 0.2) is 0 Å². The summed E-state index contributed by atoms with van der Waals surface area (Å²) in [4.78, 5) is 37.0. The first-order valence-corrected chi connectivity index (χ1v) is 9.69. The number of nitrogens with one attached hydrogen (secondary N) is 1. The van der Waals surface area contributed by atoms with Crippen LogP contribution in [0.1, 0.15) is 42.3 Å². The Kier molecular flexibility index (Phi) is 6.25. The molecule has 31 heavy (non-hydrogen) atoms. The highest BCUT2D eigenvalue weighted by Crippen LogP contribution is 2.28. The number of ether oxygens (including phenoxy) is 1. The molecule has 0 saturated carbocycles. The molecule has 2 aromatic carbocycles. The number of fused-ring (bicyclic) bond motifs is 1. The summed E-state index contributed by atoms with van der Waals surface area (Å²) in [6, 6.07) is 9.40. The third-order valence-corrected chi connectivity index (χ3v) is 4.72. The number of allylic oxidation sites excluding steroid dienone is 2. The van der Waals surface area contributed by atoms with Gasteiger partial charge in [0.05, 0.1) is 0 Å². The highest BCUT2D eigenvalue weighted by atomic mass is 16.5. The molecule has 7 nitrogen and oxygen atoms in total. The van der Waals surface area contributed by atoms with E-state index in [0.29, 0.717) is 22.9 Å². The van der Waals surface area contributed by atoms with Crippen molar-refractivity contribution in [3.05, 3.63) is 75.2 Å². The number of phenolic OH excluding ortho intramolecular Hbond substituents is 1. The van der Waals surface area contributed by atoms with Crippen LogP contribution < -0.4 is 15.7 Å². The molecule has 0 saturated heterocycles. The van der Waals surface area contributed by atoms with E-state index in [1.807, 2.05) is 19.9 Å². The Labute approximate surface area is 179 Å². The normalized spacial score (nSPS) is 10.6. The molecule has 1 heterocycles. The lowest BCUT2D eigenvalue weighted by Crippen LogP contribution is -2.20. The SMILES string of the molecule is CC(=O)Oc1cccc(C(=O)Nc2cc3ccc(O)c(C)c3oc2=O)c1CC=C(C)C. The molecule has 0 aliphatic heterocycles. The van der Waals surface area contributed by atoms with E-state index in [1.165, 1.54) is 19.1 Å². The van der Waals surface area contributed by atoms with Gasteiger partial charge in [0.25, 0.3) is 5.91 Å². The zero-order valence-electron chi connectivity index (χ0n) is 17.7. The molecule has 0 unspecified atom stereocenters. The summed E-state index contributed by atoms with van der Waals surface area (Å²) in [5.41, 5.74) is 1.76. The van der Waals surface area contributed by atoms with E-state index < -0.39 is 17.5 Å². The maximum Gasteiger partial charge on any atom is 0.360 e. The Morgan fingerprint density at radius 3 is 2.58 bits per heavy atom. The van der Waals surface area contributed by atoms with Crippen molar-refractivity contribution in [2.24, 2.45) is 0 Å². The zero-order valence-corrected chi connectivity index (χ0v) is 17.7. The molecule has 3 aromatic rings. The average Bonchev–Trinajstić information content (AvgIpc) is 2.70. The number of carbonyl (C=O) groups is 2. The minimum absolute atomic E-state index is 0.0126. The molecule has 7 heteroatoms. The number of amides is 1.